The topological polar surface area (TPSA) is 54.5 Å². The molecule has 1 aliphatic carbocycles. The summed E-state index contributed by atoms with van der Waals surface area (Å²) < 4.78 is 0. The molecule has 4 nitrogen and oxygen atoms in total. The van der Waals surface area contributed by atoms with Crippen molar-refractivity contribution in [2.75, 3.05) is 6.54 Å². The van der Waals surface area contributed by atoms with E-state index in [2.05, 4.69) is 0 Å². The van der Waals surface area contributed by atoms with Gasteiger partial charge in [0.05, 0.1) is 0 Å². The van der Waals surface area contributed by atoms with E-state index in [-0.39, 0.29) is 18.4 Å². The van der Waals surface area contributed by atoms with Gasteiger partial charge >= 0.3 is 0 Å². The van der Waals surface area contributed by atoms with Gasteiger partial charge in [0.2, 0.25) is 0 Å². The number of carbonyl (C=O) groups excluding carboxylic acids is 3. The monoisotopic (exact) mass is 221 g/mol. The summed E-state index contributed by atoms with van der Waals surface area (Å²) in [6.07, 6.45) is 8.18. The van der Waals surface area contributed by atoms with Crippen molar-refractivity contribution in [2.24, 2.45) is 5.41 Å². The molecule has 0 unspecified atom stereocenters. The predicted octanol–water partition coefficient (Wildman–Crippen LogP) is 1.06. The van der Waals surface area contributed by atoms with Crippen LogP contribution in [0.2, 0.25) is 0 Å². The Bertz CT molecular complexity index is 335. The summed E-state index contributed by atoms with van der Waals surface area (Å²) >= 11 is 0. The van der Waals surface area contributed by atoms with Crippen molar-refractivity contribution >= 4 is 18.1 Å². The molecule has 16 heavy (non-hydrogen) atoms. The number of rotatable bonds is 3. The average Bonchev–Trinajstić information content (AvgIpc) is 2.62. The third-order valence-electron chi connectivity index (χ3n) is 3.47. The van der Waals surface area contributed by atoms with Gasteiger partial charge in [0.15, 0.2) is 0 Å². The standard InChI is InChI=1S/C12H15NO3/c14-9-12(6-2-1-3-7-12)8-13-10(15)4-5-11(13)16/h4-5,9H,1-3,6-8H2. The van der Waals surface area contributed by atoms with Crippen molar-refractivity contribution < 1.29 is 14.4 Å². The summed E-state index contributed by atoms with van der Waals surface area (Å²) in [5.41, 5.74) is -0.490. The highest BCUT2D eigenvalue weighted by atomic mass is 16.2. The van der Waals surface area contributed by atoms with Gasteiger partial charge in [-0.05, 0) is 12.8 Å². The zero-order valence-electron chi connectivity index (χ0n) is 9.15. The maximum atomic E-state index is 11.4. The summed E-state index contributed by atoms with van der Waals surface area (Å²) in [6, 6.07) is 0. The van der Waals surface area contributed by atoms with E-state index < -0.39 is 5.41 Å². The molecule has 4 heteroatoms. The fourth-order valence-corrected chi connectivity index (χ4v) is 2.47. The van der Waals surface area contributed by atoms with E-state index >= 15 is 0 Å². The fraction of sp³-hybridized carbons (Fsp3) is 0.583. The van der Waals surface area contributed by atoms with E-state index in [9.17, 15) is 14.4 Å². The Morgan fingerprint density at radius 2 is 1.69 bits per heavy atom. The van der Waals surface area contributed by atoms with Gasteiger partial charge < -0.3 is 4.79 Å². The molecule has 0 aromatic carbocycles. The van der Waals surface area contributed by atoms with Crippen molar-refractivity contribution in [3.63, 3.8) is 0 Å². The van der Waals surface area contributed by atoms with E-state index in [4.69, 9.17) is 0 Å². The molecule has 1 heterocycles. The third-order valence-corrected chi connectivity index (χ3v) is 3.47. The molecule has 0 atom stereocenters. The molecule has 0 N–H and O–H groups in total. The Morgan fingerprint density at radius 3 is 2.19 bits per heavy atom. The molecule has 0 spiro atoms. The van der Waals surface area contributed by atoms with Crippen LogP contribution in [0.5, 0.6) is 0 Å². The number of hydrogen-bond donors (Lipinski definition) is 0. The molecule has 0 aromatic rings. The molecule has 0 aromatic heterocycles. The normalized spacial score (nSPS) is 23.9. The minimum Gasteiger partial charge on any atom is -0.303 e. The lowest BCUT2D eigenvalue weighted by atomic mass is 9.75. The van der Waals surface area contributed by atoms with Gasteiger partial charge in [-0.2, -0.15) is 0 Å². The summed E-state index contributed by atoms with van der Waals surface area (Å²) in [5, 5.41) is 0. The van der Waals surface area contributed by atoms with Gasteiger partial charge in [-0.15, -0.1) is 0 Å². The van der Waals surface area contributed by atoms with Gasteiger partial charge in [0.25, 0.3) is 11.8 Å². The highest BCUT2D eigenvalue weighted by Crippen LogP contribution is 2.35. The quantitative estimate of drug-likeness (QED) is 0.529. The first kappa shape index (κ1) is 11.0. The van der Waals surface area contributed by atoms with Crippen LogP contribution < -0.4 is 0 Å². The lowest BCUT2D eigenvalue weighted by Gasteiger charge is -2.34. The van der Waals surface area contributed by atoms with Gasteiger partial charge in [-0.1, -0.05) is 19.3 Å². The van der Waals surface area contributed by atoms with Crippen molar-refractivity contribution in [3.8, 4) is 0 Å². The van der Waals surface area contributed by atoms with Crippen LogP contribution >= 0.6 is 0 Å². The Morgan fingerprint density at radius 1 is 1.12 bits per heavy atom. The minimum absolute atomic E-state index is 0.251. The van der Waals surface area contributed by atoms with E-state index in [0.717, 1.165) is 38.4 Å². The van der Waals surface area contributed by atoms with Crippen LogP contribution in [0.4, 0.5) is 0 Å². The number of aldehydes is 1. The minimum atomic E-state index is -0.490. The smallest absolute Gasteiger partial charge is 0.253 e. The Kier molecular flexibility index (Phi) is 2.90. The lowest BCUT2D eigenvalue weighted by Crippen LogP contribution is -2.43. The van der Waals surface area contributed by atoms with Gasteiger partial charge in [-0.3, -0.25) is 14.5 Å². The van der Waals surface area contributed by atoms with Gasteiger partial charge in [-0.25, -0.2) is 0 Å². The molecule has 0 bridgehead atoms. The van der Waals surface area contributed by atoms with Crippen molar-refractivity contribution in [3.05, 3.63) is 12.2 Å². The van der Waals surface area contributed by atoms with E-state index in [1.54, 1.807) is 0 Å². The van der Waals surface area contributed by atoms with Crippen molar-refractivity contribution in [2.45, 2.75) is 32.1 Å². The number of nitrogens with zero attached hydrogens (tertiary/aromatic N) is 1. The highest BCUT2D eigenvalue weighted by Gasteiger charge is 2.37. The predicted molar refractivity (Wildman–Crippen MR) is 57.4 cm³/mol. The lowest BCUT2D eigenvalue weighted by molar-refractivity contribution is -0.140. The first-order chi connectivity index (χ1) is 7.67. The summed E-state index contributed by atoms with van der Waals surface area (Å²) in [6.45, 7) is 0.251. The van der Waals surface area contributed by atoms with Crippen LogP contribution in [0, 0.1) is 5.41 Å². The second-order valence-corrected chi connectivity index (χ2v) is 4.64. The van der Waals surface area contributed by atoms with E-state index in [0.29, 0.717) is 0 Å². The maximum absolute atomic E-state index is 11.4. The number of hydrogen-bond acceptors (Lipinski definition) is 3. The van der Waals surface area contributed by atoms with Crippen LogP contribution in [0.3, 0.4) is 0 Å². The second-order valence-electron chi connectivity index (χ2n) is 4.64. The number of carbonyl (C=O) groups is 3. The molecule has 86 valence electrons. The molecule has 1 saturated carbocycles. The highest BCUT2D eigenvalue weighted by molar-refractivity contribution is 6.13. The zero-order chi connectivity index (χ0) is 11.6. The average molecular weight is 221 g/mol. The fourth-order valence-electron chi connectivity index (χ4n) is 2.47. The molecule has 0 saturated heterocycles. The summed E-state index contributed by atoms with van der Waals surface area (Å²) in [4.78, 5) is 35.2. The zero-order valence-corrected chi connectivity index (χ0v) is 9.15. The van der Waals surface area contributed by atoms with Crippen LogP contribution in [0.1, 0.15) is 32.1 Å². The molecule has 2 rings (SSSR count). The Balaban J connectivity index is 2.09. The molecule has 2 amide bonds. The molecule has 0 radical (unpaired) electrons. The van der Waals surface area contributed by atoms with Crippen LogP contribution in [-0.4, -0.2) is 29.5 Å². The Labute approximate surface area is 94.3 Å². The van der Waals surface area contributed by atoms with E-state index in [1.807, 2.05) is 0 Å². The van der Waals surface area contributed by atoms with E-state index in [1.165, 1.54) is 17.1 Å². The SMILES string of the molecule is O=CC1(CN2C(=O)C=CC2=O)CCCCC1. The third kappa shape index (κ3) is 1.92. The van der Waals surface area contributed by atoms with Crippen LogP contribution in [0.15, 0.2) is 12.2 Å². The first-order valence-corrected chi connectivity index (χ1v) is 5.67. The van der Waals surface area contributed by atoms with Crippen molar-refractivity contribution in [1.82, 2.24) is 4.90 Å². The second kappa shape index (κ2) is 4.20. The first-order valence-electron chi connectivity index (χ1n) is 5.67. The molecule has 2 aliphatic rings. The summed E-state index contributed by atoms with van der Waals surface area (Å²) in [7, 11) is 0. The number of amides is 2. The van der Waals surface area contributed by atoms with Crippen molar-refractivity contribution in [1.29, 1.82) is 0 Å². The summed E-state index contributed by atoms with van der Waals surface area (Å²) in [5.74, 6) is -0.589. The molecular weight excluding hydrogens is 206 g/mol. The largest absolute Gasteiger partial charge is 0.303 e. The molecular formula is C12H15NO3. The molecule has 1 aliphatic heterocycles. The molecule has 1 fully saturated rings. The van der Waals surface area contributed by atoms with Gasteiger partial charge in [0, 0.05) is 24.1 Å². The maximum Gasteiger partial charge on any atom is 0.253 e. The van der Waals surface area contributed by atoms with Crippen LogP contribution in [0.25, 0.3) is 0 Å². The number of imide groups is 1. The Hall–Kier alpha value is -1.45. The van der Waals surface area contributed by atoms with Gasteiger partial charge in [0.1, 0.15) is 6.29 Å². The van der Waals surface area contributed by atoms with Crippen LogP contribution in [-0.2, 0) is 14.4 Å².